The largest absolute Gasteiger partial charge is 0.353 e. The van der Waals surface area contributed by atoms with Gasteiger partial charge in [-0.1, -0.05) is 33.7 Å². The molecule has 1 saturated heterocycles. The van der Waals surface area contributed by atoms with Gasteiger partial charge in [-0.2, -0.15) is 16.8 Å². The second kappa shape index (κ2) is 21.4. The molecule has 3 heterocycles. The number of carbonyl (C=O) groups excluding carboxylic acids is 4. The van der Waals surface area contributed by atoms with E-state index in [0.29, 0.717) is 10.8 Å². The van der Waals surface area contributed by atoms with Crippen LogP contribution >= 0.6 is 43.2 Å². The van der Waals surface area contributed by atoms with Crippen LogP contribution in [0.1, 0.15) is 25.7 Å². The predicted molar refractivity (Wildman–Crippen MR) is 173 cm³/mol. The Hall–Kier alpha value is -2.52. The van der Waals surface area contributed by atoms with Crippen molar-refractivity contribution in [1.82, 2.24) is 20.5 Å². The molecule has 3 amide bonds. The highest BCUT2D eigenvalue weighted by atomic mass is 33.1. The number of aromatic nitrogens is 2. The van der Waals surface area contributed by atoms with Crippen molar-refractivity contribution in [2.75, 3.05) is 11.5 Å². The minimum Gasteiger partial charge on any atom is -0.329 e. The lowest BCUT2D eigenvalue weighted by Crippen LogP contribution is -2.43. The van der Waals surface area contributed by atoms with Gasteiger partial charge in [-0.3, -0.25) is 40.6 Å². The second-order valence-corrected chi connectivity index (χ2v) is 16.3. The maximum atomic E-state index is 12.0. The summed E-state index contributed by atoms with van der Waals surface area (Å²) in [5.74, 6) is 9.65. The molecule has 24 heteroatoms. The van der Waals surface area contributed by atoms with Gasteiger partial charge in [0.1, 0.15) is 10.1 Å². The molecule has 1 fully saturated rings. The Balaban J connectivity index is 0.000000452. The second-order valence-electron chi connectivity index (χ2n) is 8.23. The van der Waals surface area contributed by atoms with Gasteiger partial charge in [0.15, 0.2) is 10.5 Å². The highest BCUT2D eigenvalue weighted by molar-refractivity contribution is 8.77. The fourth-order valence-corrected chi connectivity index (χ4v) is 8.71. The number of rotatable bonds is 15. The number of pyridine rings is 2. The maximum Gasteiger partial charge on any atom is 0.353 e. The number of carbonyl (C=O) groups is 4. The summed E-state index contributed by atoms with van der Waals surface area (Å²) < 4.78 is 63.0. The van der Waals surface area contributed by atoms with Crippen LogP contribution in [0.4, 0.5) is 0 Å². The van der Waals surface area contributed by atoms with Gasteiger partial charge in [0.2, 0.25) is 0 Å². The zero-order valence-corrected chi connectivity index (χ0v) is 28.5. The first-order valence-electron chi connectivity index (χ1n) is 12.5. The molecule has 2 unspecified atom stereocenters. The van der Waals surface area contributed by atoms with Gasteiger partial charge in [-0.25, -0.2) is 20.6 Å². The van der Waals surface area contributed by atoms with E-state index in [0.717, 1.165) is 5.03 Å². The fraction of sp³-hybridized carbons (Fsp3) is 0.364. The Labute approximate surface area is 280 Å². The number of amides is 3. The lowest BCUT2D eigenvalue weighted by atomic mass is 10.3. The smallest absolute Gasteiger partial charge is 0.329 e. The molecule has 1 aliphatic rings. The van der Waals surface area contributed by atoms with E-state index in [4.69, 9.17) is 10.4 Å². The summed E-state index contributed by atoms with van der Waals surface area (Å²) >= 11 is 0. The number of hydrogen-bond acceptors (Lipinski definition) is 18. The van der Waals surface area contributed by atoms with E-state index in [1.807, 2.05) is 12.1 Å². The molecule has 1 aliphatic heterocycles. The molecule has 46 heavy (non-hydrogen) atoms. The van der Waals surface area contributed by atoms with E-state index in [2.05, 4.69) is 26.5 Å². The monoisotopic (exact) mass is 761 g/mol. The van der Waals surface area contributed by atoms with Gasteiger partial charge in [0.05, 0.1) is 0 Å². The van der Waals surface area contributed by atoms with Crippen LogP contribution < -0.4 is 23.0 Å². The zero-order valence-electron chi connectivity index (χ0n) is 23.6. The van der Waals surface area contributed by atoms with E-state index in [9.17, 15) is 40.6 Å². The molecule has 0 spiro atoms. The molecule has 2 aromatic heterocycles. The number of hydroxylamine groups is 2. The van der Waals surface area contributed by atoms with Crippen molar-refractivity contribution in [2.24, 2.45) is 17.5 Å². The molecule has 256 valence electrons. The van der Waals surface area contributed by atoms with Crippen LogP contribution in [0.5, 0.6) is 0 Å². The number of hydrogen-bond donors (Lipinski definition) is 6. The zero-order chi connectivity index (χ0) is 34.8. The molecule has 2 atom stereocenters. The first-order chi connectivity index (χ1) is 21.7. The number of nitrogens with one attached hydrogen (secondary N) is 1. The molecule has 2 aromatic rings. The minimum atomic E-state index is -4.75. The van der Waals surface area contributed by atoms with Crippen molar-refractivity contribution in [3.63, 3.8) is 0 Å². The lowest BCUT2D eigenvalue weighted by molar-refractivity contribution is -0.197. The minimum absolute atomic E-state index is 0.0354. The Kier molecular flexibility index (Phi) is 19.3. The van der Waals surface area contributed by atoms with Crippen LogP contribution in [-0.2, 0) is 44.3 Å². The Morgan fingerprint density at radius 3 is 1.65 bits per heavy atom. The number of imide groups is 1. The Bertz CT molecular complexity index is 1470. The van der Waals surface area contributed by atoms with Crippen LogP contribution in [0.15, 0.2) is 58.8 Å². The molecule has 9 N–H and O–H groups in total. The maximum absolute atomic E-state index is 12.0. The molecule has 0 bridgehead atoms. The van der Waals surface area contributed by atoms with Crippen LogP contribution in [0.2, 0.25) is 0 Å². The summed E-state index contributed by atoms with van der Waals surface area (Å²) in [5, 5.41) is -1.71. The summed E-state index contributed by atoms with van der Waals surface area (Å²) in [6, 6.07) is 10.7. The van der Waals surface area contributed by atoms with Gasteiger partial charge < -0.3 is 4.84 Å². The average Bonchev–Trinajstić information content (AvgIpc) is 3.33. The number of hydrazine groups is 2. The van der Waals surface area contributed by atoms with Crippen molar-refractivity contribution in [1.29, 1.82) is 0 Å². The SMILES string of the molecule is NN.NNC(=O)C(CCSSc1ccccn1)S(=O)(=O)O.O=C(ON1C(=O)CCC1=O)C(CCSSc1ccccn1)S(=O)(=O)O. The molecule has 0 saturated carbocycles. The van der Waals surface area contributed by atoms with Crippen LogP contribution in [-0.4, -0.2) is 86.7 Å². The van der Waals surface area contributed by atoms with Crippen molar-refractivity contribution in [3.8, 4) is 0 Å². The predicted octanol–water partition coefficient (Wildman–Crippen LogP) is 0.353. The van der Waals surface area contributed by atoms with Crippen molar-refractivity contribution >= 4 is 87.1 Å². The first kappa shape index (κ1) is 41.5. The van der Waals surface area contributed by atoms with Gasteiger partial charge in [-0.15, -0.1) is 5.06 Å². The number of nitrogens with zero attached hydrogens (tertiary/aromatic N) is 3. The fourth-order valence-electron chi connectivity index (χ4n) is 3.01. The quantitative estimate of drug-likeness (QED) is 0.0271. The summed E-state index contributed by atoms with van der Waals surface area (Å²) in [6.07, 6.45) is 2.74. The lowest BCUT2D eigenvalue weighted by Gasteiger charge is -2.17. The normalized spacial score (nSPS) is 14.2. The summed E-state index contributed by atoms with van der Waals surface area (Å²) in [4.78, 5) is 58.7. The van der Waals surface area contributed by atoms with E-state index >= 15 is 0 Å². The number of nitrogens with two attached hydrogens (primary N) is 3. The summed E-state index contributed by atoms with van der Waals surface area (Å²) in [5.41, 5.74) is 1.72. The van der Waals surface area contributed by atoms with Crippen molar-refractivity contribution in [2.45, 2.75) is 46.2 Å². The average molecular weight is 762 g/mol. The molecule has 0 radical (unpaired) electrons. The Morgan fingerprint density at radius 1 is 0.848 bits per heavy atom. The van der Waals surface area contributed by atoms with Crippen LogP contribution in [0.25, 0.3) is 0 Å². The third-order valence-corrected chi connectivity index (χ3v) is 12.0. The van der Waals surface area contributed by atoms with Gasteiger partial charge in [0.25, 0.3) is 38.0 Å². The summed E-state index contributed by atoms with van der Waals surface area (Å²) in [6.45, 7) is 0. The molecular formula is C22H31N7O11S6. The molecule has 0 aromatic carbocycles. The first-order valence-corrected chi connectivity index (χ1v) is 20.1. The van der Waals surface area contributed by atoms with Gasteiger partial charge >= 0.3 is 5.97 Å². The van der Waals surface area contributed by atoms with Crippen molar-refractivity contribution in [3.05, 3.63) is 48.8 Å². The standard InChI is InChI=1S/C13H14N2O7S3.C9H13N3O4S3.H4N2/c16-11-4-5-12(17)15(11)22-13(18)9(25(19,20)21)6-8-23-24-10-3-1-2-7-14-10;10-12-9(13)7(19(14,15)16)4-6-17-18-8-3-1-2-5-11-8;1-2/h1-3,7,9H,4-6,8H2,(H,19,20,21);1-3,5,7H,4,6,10H2,(H,12,13)(H,14,15,16);1-2H2. The highest BCUT2D eigenvalue weighted by Crippen LogP contribution is 2.31. The molecule has 0 aliphatic carbocycles. The molecular weight excluding hydrogens is 731 g/mol. The van der Waals surface area contributed by atoms with Crippen LogP contribution in [0.3, 0.4) is 0 Å². The van der Waals surface area contributed by atoms with Gasteiger partial charge in [0, 0.05) is 36.7 Å². The molecule has 18 nitrogen and oxygen atoms in total. The van der Waals surface area contributed by atoms with E-state index in [1.165, 1.54) is 43.2 Å². The van der Waals surface area contributed by atoms with Gasteiger partial charge in [-0.05, 0) is 58.7 Å². The molecule has 3 rings (SSSR count). The summed E-state index contributed by atoms with van der Waals surface area (Å²) in [7, 11) is -3.99. The Morgan fingerprint density at radius 2 is 1.28 bits per heavy atom. The van der Waals surface area contributed by atoms with E-state index < -0.39 is 54.4 Å². The highest BCUT2D eigenvalue weighted by Gasteiger charge is 2.39. The van der Waals surface area contributed by atoms with E-state index in [-0.39, 0.29) is 36.5 Å². The van der Waals surface area contributed by atoms with Crippen LogP contribution in [0, 0.1) is 0 Å². The van der Waals surface area contributed by atoms with E-state index in [1.54, 1.807) is 42.1 Å². The van der Waals surface area contributed by atoms with Crippen molar-refractivity contribution < 1.29 is 50.0 Å². The third-order valence-electron chi connectivity index (χ3n) is 5.09. The topological polar surface area (TPSA) is 305 Å². The third kappa shape index (κ3) is 15.4.